The van der Waals surface area contributed by atoms with Crippen LogP contribution in [0.2, 0.25) is 5.02 Å². The lowest BCUT2D eigenvalue weighted by Gasteiger charge is -2.46. The van der Waals surface area contributed by atoms with Crippen LogP contribution in [-0.4, -0.2) is 37.2 Å². The van der Waals surface area contributed by atoms with Gasteiger partial charge in [-0.05, 0) is 68.7 Å². The van der Waals surface area contributed by atoms with Crippen LogP contribution in [0.5, 0.6) is 0 Å². The molecule has 0 amide bonds. The van der Waals surface area contributed by atoms with Gasteiger partial charge in [-0.25, -0.2) is 0 Å². The lowest BCUT2D eigenvalue weighted by atomic mass is 9.72. The van der Waals surface area contributed by atoms with E-state index in [9.17, 15) is 0 Å². The summed E-state index contributed by atoms with van der Waals surface area (Å²) in [5.74, 6) is 2.04. The van der Waals surface area contributed by atoms with E-state index in [2.05, 4.69) is 24.1 Å². The van der Waals surface area contributed by atoms with Gasteiger partial charge in [0.1, 0.15) is 0 Å². The maximum atomic E-state index is 6.10. The molecule has 22 heavy (non-hydrogen) atoms. The van der Waals surface area contributed by atoms with Crippen LogP contribution in [0, 0.1) is 11.8 Å². The smallest absolute Gasteiger partial charge is 0.0648 e. The molecule has 0 spiro atoms. The van der Waals surface area contributed by atoms with Crippen LogP contribution in [0.25, 0.3) is 0 Å². The Labute approximate surface area is 138 Å². The monoisotopic (exact) mass is 319 g/mol. The second-order valence-corrected chi connectivity index (χ2v) is 7.91. The average molecular weight is 320 g/mol. The van der Waals surface area contributed by atoms with Gasteiger partial charge >= 0.3 is 0 Å². The summed E-state index contributed by atoms with van der Waals surface area (Å²) in [4.78, 5) is 2.64. The maximum Gasteiger partial charge on any atom is 0.0648 e. The van der Waals surface area contributed by atoms with E-state index in [1.54, 1.807) is 0 Å². The summed E-state index contributed by atoms with van der Waals surface area (Å²) in [5, 5.41) is 0.835. The molecule has 2 nitrogen and oxygen atoms in total. The highest BCUT2D eigenvalue weighted by atomic mass is 35.5. The first-order valence-electron chi connectivity index (χ1n) is 8.69. The van der Waals surface area contributed by atoms with Crippen molar-refractivity contribution in [1.82, 2.24) is 4.90 Å². The number of piperidine rings is 1. The largest absolute Gasteiger partial charge is 0.381 e. The van der Waals surface area contributed by atoms with Gasteiger partial charge in [0.2, 0.25) is 0 Å². The van der Waals surface area contributed by atoms with Crippen molar-refractivity contribution in [3.63, 3.8) is 0 Å². The fourth-order valence-corrected chi connectivity index (χ4v) is 5.24. The molecular weight excluding hydrogens is 294 g/mol. The van der Waals surface area contributed by atoms with Gasteiger partial charge in [-0.2, -0.15) is 0 Å². The summed E-state index contributed by atoms with van der Waals surface area (Å²) in [6.07, 6.45) is 7.08. The Kier molecular flexibility index (Phi) is 3.96. The van der Waals surface area contributed by atoms with Gasteiger partial charge in [0.25, 0.3) is 0 Å². The van der Waals surface area contributed by atoms with Crippen molar-refractivity contribution in [3.05, 3.63) is 34.9 Å². The molecule has 2 bridgehead atoms. The third-order valence-electron chi connectivity index (χ3n) is 6.37. The quantitative estimate of drug-likeness (QED) is 0.819. The number of fused-ring (bicyclic) bond motifs is 2. The van der Waals surface area contributed by atoms with Crippen LogP contribution in [0.1, 0.15) is 43.6 Å². The van der Waals surface area contributed by atoms with Gasteiger partial charge in [-0.1, -0.05) is 23.7 Å². The first kappa shape index (κ1) is 15.0. The first-order chi connectivity index (χ1) is 10.7. The fourth-order valence-electron chi connectivity index (χ4n) is 5.11. The number of nitrogens with zero attached hydrogens (tertiary/aromatic N) is 1. The summed E-state index contributed by atoms with van der Waals surface area (Å²) in [5.41, 5.74) is 1.46. The van der Waals surface area contributed by atoms with Gasteiger partial charge in [0.15, 0.2) is 0 Å². The Bertz CT molecular complexity index is 525. The summed E-state index contributed by atoms with van der Waals surface area (Å²) >= 11 is 6.10. The molecule has 3 fully saturated rings. The SMILES string of the molecule is COC(C1CC1)[C@H]1[C@H](c2ccc(Cl)cc2)C[C@H]2CC[C@@H]1N2C. The Hall–Kier alpha value is -0.570. The highest BCUT2D eigenvalue weighted by molar-refractivity contribution is 6.30. The summed E-state index contributed by atoms with van der Waals surface area (Å²) in [6.45, 7) is 0. The summed E-state index contributed by atoms with van der Waals surface area (Å²) in [6, 6.07) is 10.0. The van der Waals surface area contributed by atoms with Crippen LogP contribution >= 0.6 is 11.6 Å². The molecule has 1 unspecified atom stereocenters. The van der Waals surface area contributed by atoms with Crippen LogP contribution in [0.4, 0.5) is 0 Å². The zero-order chi connectivity index (χ0) is 15.3. The molecule has 1 aliphatic carbocycles. The predicted molar refractivity (Wildman–Crippen MR) is 90.4 cm³/mol. The molecule has 2 aliphatic heterocycles. The van der Waals surface area contributed by atoms with Gasteiger partial charge < -0.3 is 9.64 Å². The van der Waals surface area contributed by atoms with Crippen LogP contribution in [0.15, 0.2) is 24.3 Å². The number of methoxy groups -OCH3 is 1. The fraction of sp³-hybridized carbons (Fsp3) is 0.684. The van der Waals surface area contributed by atoms with E-state index in [0.717, 1.165) is 17.0 Å². The Morgan fingerprint density at radius 1 is 1.14 bits per heavy atom. The van der Waals surface area contributed by atoms with Gasteiger partial charge in [0.05, 0.1) is 6.10 Å². The molecule has 4 rings (SSSR count). The van der Waals surface area contributed by atoms with E-state index < -0.39 is 0 Å². The standard InChI is InChI=1S/C19H26ClNO/c1-21-15-9-10-17(21)18(19(22-2)13-3-4-13)16(11-15)12-5-7-14(20)8-6-12/h5-8,13,15-19H,3-4,9-11H2,1-2H3/t15-,16+,17+,18+,19?/m1/s1. The second kappa shape index (κ2) is 5.81. The zero-order valence-electron chi connectivity index (χ0n) is 13.5. The lowest BCUT2D eigenvalue weighted by Crippen LogP contribution is -2.51. The van der Waals surface area contributed by atoms with E-state index in [1.165, 1.54) is 37.7 Å². The van der Waals surface area contributed by atoms with E-state index in [4.69, 9.17) is 16.3 Å². The Morgan fingerprint density at radius 3 is 2.50 bits per heavy atom. The van der Waals surface area contributed by atoms with E-state index in [1.807, 2.05) is 19.2 Å². The number of ether oxygens (including phenoxy) is 1. The molecule has 3 heteroatoms. The number of rotatable bonds is 4. The second-order valence-electron chi connectivity index (χ2n) is 7.47. The Balaban J connectivity index is 1.69. The zero-order valence-corrected chi connectivity index (χ0v) is 14.3. The predicted octanol–water partition coefficient (Wildman–Crippen LogP) is 4.33. The number of hydrogen-bond donors (Lipinski definition) is 0. The molecule has 3 aliphatic rings. The van der Waals surface area contributed by atoms with Gasteiger partial charge in [0, 0.05) is 30.1 Å². The van der Waals surface area contributed by atoms with E-state index in [0.29, 0.717) is 24.0 Å². The van der Waals surface area contributed by atoms with Gasteiger partial charge in [-0.3, -0.25) is 0 Å². The van der Waals surface area contributed by atoms with Crippen molar-refractivity contribution in [2.24, 2.45) is 11.8 Å². The molecule has 0 N–H and O–H groups in total. The minimum atomic E-state index is 0.423. The molecule has 0 radical (unpaired) electrons. The maximum absolute atomic E-state index is 6.10. The van der Waals surface area contributed by atoms with E-state index in [-0.39, 0.29) is 0 Å². The molecule has 2 saturated heterocycles. The molecular formula is C19H26ClNO. The third-order valence-corrected chi connectivity index (χ3v) is 6.62. The molecule has 5 atom stereocenters. The minimum Gasteiger partial charge on any atom is -0.381 e. The summed E-state index contributed by atoms with van der Waals surface area (Å²) in [7, 11) is 4.25. The van der Waals surface area contributed by atoms with Crippen LogP contribution < -0.4 is 0 Å². The van der Waals surface area contributed by atoms with Crippen molar-refractivity contribution in [3.8, 4) is 0 Å². The number of halogens is 1. The van der Waals surface area contributed by atoms with Crippen molar-refractivity contribution < 1.29 is 4.74 Å². The van der Waals surface area contributed by atoms with Crippen molar-refractivity contribution >= 4 is 11.6 Å². The van der Waals surface area contributed by atoms with Crippen molar-refractivity contribution in [2.75, 3.05) is 14.2 Å². The molecule has 1 aromatic carbocycles. The topological polar surface area (TPSA) is 12.5 Å². The third kappa shape index (κ3) is 2.50. The number of hydrogen-bond acceptors (Lipinski definition) is 2. The highest BCUT2D eigenvalue weighted by Gasteiger charge is 2.51. The molecule has 1 saturated carbocycles. The number of benzene rings is 1. The van der Waals surface area contributed by atoms with Crippen molar-refractivity contribution in [2.45, 2.75) is 56.2 Å². The van der Waals surface area contributed by atoms with Gasteiger partial charge in [-0.15, -0.1) is 0 Å². The molecule has 0 aromatic heterocycles. The van der Waals surface area contributed by atoms with Crippen LogP contribution in [-0.2, 0) is 4.74 Å². The molecule has 2 heterocycles. The van der Waals surface area contributed by atoms with Crippen LogP contribution in [0.3, 0.4) is 0 Å². The average Bonchev–Trinajstić information content (AvgIpc) is 3.31. The Morgan fingerprint density at radius 2 is 1.86 bits per heavy atom. The highest BCUT2D eigenvalue weighted by Crippen LogP contribution is 2.52. The first-order valence-corrected chi connectivity index (χ1v) is 9.07. The lowest BCUT2D eigenvalue weighted by molar-refractivity contribution is -0.0320. The minimum absolute atomic E-state index is 0.423. The van der Waals surface area contributed by atoms with E-state index >= 15 is 0 Å². The van der Waals surface area contributed by atoms with Crippen molar-refractivity contribution in [1.29, 1.82) is 0 Å². The molecule has 1 aromatic rings. The summed E-state index contributed by atoms with van der Waals surface area (Å²) < 4.78 is 6.04. The normalized spacial score (nSPS) is 36.5. The molecule has 120 valence electrons.